The van der Waals surface area contributed by atoms with Crippen LogP contribution in [-0.2, 0) is 14.4 Å². The van der Waals surface area contributed by atoms with Gasteiger partial charge in [-0.2, -0.15) is 0 Å². The Morgan fingerprint density at radius 2 is 0.475 bits per heavy atom. The minimum Gasteiger partial charge on any atom is -0.512 e. The van der Waals surface area contributed by atoms with Crippen molar-refractivity contribution in [2.45, 2.75) is 125 Å². The molecule has 6 nitrogen and oxygen atoms in total. The Morgan fingerprint density at radius 3 is 0.550 bits per heavy atom. The third-order valence-electron chi connectivity index (χ3n) is 5.33. The van der Waals surface area contributed by atoms with E-state index >= 15 is 0 Å². The molecule has 0 aliphatic carbocycles. The molecule has 0 saturated carbocycles. The maximum Gasteiger partial charge on any atom is 0.164 e. The summed E-state index contributed by atoms with van der Waals surface area (Å²) in [7, 11) is 0. The summed E-state index contributed by atoms with van der Waals surface area (Å²) < 4.78 is 0. The van der Waals surface area contributed by atoms with Gasteiger partial charge in [0, 0.05) is 89.3 Å². The fraction of sp³-hybridized carbons (Fsp3) is 0.727. The predicted molar refractivity (Wildman–Crippen MR) is 164 cm³/mol. The van der Waals surface area contributed by atoms with Crippen molar-refractivity contribution in [3.8, 4) is 0 Å². The molecule has 0 saturated heterocycles. The molecular weight excluding hydrogens is 651 g/mol. The second kappa shape index (κ2) is 16.5. The molecule has 0 amide bonds. The molecule has 0 spiro atoms. The van der Waals surface area contributed by atoms with Gasteiger partial charge in [0.05, 0.1) is 0 Å². The molecule has 7 heteroatoms. The zero-order valence-electron chi connectivity index (χ0n) is 28.6. The Morgan fingerprint density at radius 1 is 0.350 bits per heavy atom. The van der Waals surface area contributed by atoms with Gasteiger partial charge in [-0.3, -0.25) is 14.4 Å². The Bertz CT molecular complexity index is 801. The van der Waals surface area contributed by atoms with Crippen molar-refractivity contribution >= 4 is 17.3 Å². The Kier molecular flexibility index (Phi) is 19.0. The van der Waals surface area contributed by atoms with Gasteiger partial charge in [-0.25, -0.2) is 0 Å². The van der Waals surface area contributed by atoms with E-state index in [2.05, 4.69) is 0 Å². The number of rotatable bonds is 3. The van der Waals surface area contributed by atoms with Crippen LogP contribution in [0.5, 0.6) is 0 Å². The molecule has 0 fully saturated rings. The maximum absolute atomic E-state index is 11.5. The number of hydrogen-bond donors (Lipinski definition) is 3. The number of aliphatic hydroxyl groups excluding tert-OH is 3. The Hall–Kier alpha value is -1.08. The van der Waals surface area contributed by atoms with Crippen molar-refractivity contribution < 1.29 is 68.3 Å². The molecule has 0 bridgehead atoms. The summed E-state index contributed by atoms with van der Waals surface area (Å²) in [6.45, 7) is 33.3. The van der Waals surface area contributed by atoms with Crippen molar-refractivity contribution in [2.24, 2.45) is 32.5 Å². The molecule has 0 heterocycles. The van der Waals surface area contributed by atoms with Crippen molar-refractivity contribution in [2.75, 3.05) is 0 Å². The third-order valence-corrected chi connectivity index (χ3v) is 5.33. The molecule has 0 atom stereocenters. The summed E-state index contributed by atoms with van der Waals surface area (Å²) in [5.74, 6) is 0.312. The molecule has 0 aromatic heterocycles. The van der Waals surface area contributed by atoms with Crippen LogP contribution in [0, 0.1) is 71.1 Å². The summed E-state index contributed by atoms with van der Waals surface area (Å²) >= 11 is 0. The molecular formula is C33H60O6Tb. The molecule has 237 valence electrons. The van der Waals surface area contributed by atoms with Crippen LogP contribution in [-0.4, -0.2) is 32.7 Å². The fourth-order valence-electron chi connectivity index (χ4n) is 1.67. The summed E-state index contributed by atoms with van der Waals surface area (Å²) in [6, 6.07) is 0. The summed E-state index contributed by atoms with van der Waals surface area (Å²) in [4.78, 5) is 34.5. The number of carbonyl (C=O) groups is 3. The van der Waals surface area contributed by atoms with Gasteiger partial charge in [0.25, 0.3) is 0 Å². The summed E-state index contributed by atoms with van der Waals surface area (Å²) in [5.41, 5.74) is -2.29. The van der Waals surface area contributed by atoms with Gasteiger partial charge in [0.2, 0.25) is 0 Å². The average Bonchev–Trinajstić information content (AvgIpc) is 2.64. The molecule has 0 aromatic rings. The molecule has 0 aromatic carbocycles. The van der Waals surface area contributed by atoms with Crippen molar-refractivity contribution in [1.82, 2.24) is 0 Å². The van der Waals surface area contributed by atoms with Gasteiger partial charge < -0.3 is 15.3 Å². The second-order valence-electron chi connectivity index (χ2n) is 16.2. The smallest absolute Gasteiger partial charge is 0.164 e. The topological polar surface area (TPSA) is 112 Å². The minimum atomic E-state index is -0.417. The van der Waals surface area contributed by atoms with E-state index in [0.29, 0.717) is 0 Å². The average molecular weight is 712 g/mol. The van der Waals surface area contributed by atoms with Crippen molar-refractivity contribution in [1.29, 1.82) is 0 Å². The molecule has 40 heavy (non-hydrogen) atoms. The zero-order valence-corrected chi connectivity index (χ0v) is 30.8. The maximum atomic E-state index is 11.5. The van der Waals surface area contributed by atoms with Crippen molar-refractivity contribution in [3.63, 3.8) is 0 Å². The van der Waals surface area contributed by atoms with E-state index in [1.54, 1.807) is 0 Å². The minimum absolute atomic E-state index is 0. The van der Waals surface area contributed by atoms with Gasteiger partial charge in [0.1, 0.15) is 17.3 Å². The molecule has 0 unspecified atom stereocenters. The van der Waals surface area contributed by atoms with Gasteiger partial charge in [-0.15, -0.1) is 0 Å². The van der Waals surface area contributed by atoms with Gasteiger partial charge >= 0.3 is 0 Å². The van der Waals surface area contributed by atoms with E-state index in [1.165, 1.54) is 18.2 Å². The quantitative estimate of drug-likeness (QED) is 0.199. The first-order valence-electron chi connectivity index (χ1n) is 13.5. The standard InChI is InChI=1S/3C11H20O2.Tb/c3*1-10(2,3)8(12)7-9(13)11(4,5)6;/h3*7,12H,1-6H3;. The van der Waals surface area contributed by atoms with Crippen LogP contribution in [0.2, 0.25) is 0 Å². The van der Waals surface area contributed by atoms with Crippen LogP contribution >= 0.6 is 0 Å². The van der Waals surface area contributed by atoms with Crippen molar-refractivity contribution in [3.05, 3.63) is 35.5 Å². The predicted octanol–water partition coefficient (Wildman–Crippen LogP) is 9.27. The number of hydrogen-bond acceptors (Lipinski definition) is 6. The third kappa shape index (κ3) is 21.6. The largest absolute Gasteiger partial charge is 0.512 e. The number of allylic oxidation sites excluding steroid dienone is 6. The van der Waals surface area contributed by atoms with Gasteiger partial charge in [-0.05, 0) is 0 Å². The van der Waals surface area contributed by atoms with E-state index < -0.39 is 16.2 Å². The van der Waals surface area contributed by atoms with E-state index in [1.807, 2.05) is 125 Å². The van der Waals surface area contributed by atoms with Gasteiger partial charge in [-0.1, -0.05) is 125 Å². The first kappa shape index (κ1) is 45.9. The van der Waals surface area contributed by atoms with E-state index in [9.17, 15) is 29.7 Å². The van der Waals surface area contributed by atoms with Crippen LogP contribution < -0.4 is 0 Å². The fourth-order valence-corrected chi connectivity index (χ4v) is 1.67. The van der Waals surface area contributed by atoms with E-state index in [0.717, 1.165) is 0 Å². The molecule has 1 radical (unpaired) electrons. The van der Waals surface area contributed by atoms with E-state index in [4.69, 9.17) is 0 Å². The van der Waals surface area contributed by atoms with Crippen LogP contribution in [0.15, 0.2) is 35.5 Å². The van der Waals surface area contributed by atoms with E-state index in [-0.39, 0.29) is 89.5 Å². The first-order valence-corrected chi connectivity index (χ1v) is 13.5. The van der Waals surface area contributed by atoms with Crippen LogP contribution in [0.3, 0.4) is 0 Å². The first-order chi connectivity index (χ1) is 16.6. The van der Waals surface area contributed by atoms with Crippen LogP contribution in [0.4, 0.5) is 0 Å². The number of carbonyl (C=O) groups excluding carboxylic acids is 3. The van der Waals surface area contributed by atoms with Gasteiger partial charge in [0.15, 0.2) is 17.3 Å². The monoisotopic (exact) mass is 711 g/mol. The Balaban J connectivity index is -0.000000240. The van der Waals surface area contributed by atoms with Crippen LogP contribution in [0.25, 0.3) is 0 Å². The Labute approximate surface area is 276 Å². The SMILES string of the molecule is CC(C)(C)C(=O)C=C(O)C(C)(C)C.CC(C)(C)C(=O)C=C(O)C(C)(C)C.CC(C)(C)C(=O)C=C(O)C(C)(C)C.[Tb]. The second-order valence-corrected chi connectivity index (χ2v) is 16.2. The molecule has 3 N–H and O–H groups in total. The normalized spacial score (nSPS) is 14.1. The van der Waals surface area contributed by atoms with Crippen LogP contribution in [0.1, 0.15) is 125 Å². The molecule has 0 aliphatic heterocycles. The summed E-state index contributed by atoms with van der Waals surface area (Å²) in [5, 5.41) is 28.7. The number of aliphatic hydroxyl groups is 3. The number of ketones is 3. The summed E-state index contributed by atoms with van der Waals surface area (Å²) in [6.07, 6.45) is 4.00. The zero-order chi connectivity index (χ0) is 32.6. The molecule has 0 aliphatic rings. The molecule has 0 rings (SSSR count).